The third kappa shape index (κ3) is 4.21. The monoisotopic (exact) mass is 464 g/mol. The van der Waals surface area contributed by atoms with Gasteiger partial charge in [0.2, 0.25) is 11.8 Å². The van der Waals surface area contributed by atoms with Crippen LogP contribution in [0.5, 0.6) is 11.5 Å². The molecule has 0 unspecified atom stereocenters. The molecule has 0 fully saturated rings. The second-order valence-electron chi connectivity index (χ2n) is 7.87. The second-order valence-corrected chi connectivity index (χ2v) is 8.85. The summed E-state index contributed by atoms with van der Waals surface area (Å²) in [7, 11) is 1.59. The summed E-state index contributed by atoms with van der Waals surface area (Å²) in [5, 5.41) is 10.5. The molecule has 0 saturated heterocycles. The molecule has 2 N–H and O–H groups in total. The van der Waals surface area contributed by atoms with Gasteiger partial charge in [0, 0.05) is 41.9 Å². The number of thioether (sulfide) groups is 1. The zero-order valence-electron chi connectivity index (χ0n) is 18.2. The van der Waals surface area contributed by atoms with Gasteiger partial charge in [-0.3, -0.25) is 9.59 Å². The lowest BCUT2D eigenvalue weighted by Crippen LogP contribution is -2.32. The summed E-state index contributed by atoms with van der Waals surface area (Å²) in [6.07, 6.45) is 0. The third-order valence-electron chi connectivity index (χ3n) is 5.72. The molecule has 170 valence electrons. The number of nitrogens with one attached hydrogen (secondary N) is 2. The fourth-order valence-electron chi connectivity index (χ4n) is 4.19. The molecule has 0 spiro atoms. The van der Waals surface area contributed by atoms with Crippen LogP contribution in [-0.4, -0.2) is 41.9 Å². The van der Waals surface area contributed by atoms with Crippen molar-refractivity contribution in [3.63, 3.8) is 0 Å². The van der Waals surface area contributed by atoms with E-state index < -0.39 is 5.92 Å². The van der Waals surface area contributed by atoms with Crippen LogP contribution in [0.25, 0.3) is 0 Å². The highest BCUT2D eigenvalue weighted by Crippen LogP contribution is 2.44. The highest BCUT2D eigenvalue weighted by atomic mass is 32.2. The van der Waals surface area contributed by atoms with Gasteiger partial charge in [-0.25, -0.2) is 4.68 Å². The molecule has 0 atom stereocenters. The van der Waals surface area contributed by atoms with Gasteiger partial charge in [-0.05, 0) is 12.1 Å². The summed E-state index contributed by atoms with van der Waals surface area (Å²) in [6.45, 7) is 0.881. The number of benzene rings is 2. The number of amides is 2. The van der Waals surface area contributed by atoms with Gasteiger partial charge in [-0.2, -0.15) is 16.9 Å². The van der Waals surface area contributed by atoms with Gasteiger partial charge in [0.1, 0.15) is 23.9 Å². The summed E-state index contributed by atoms with van der Waals surface area (Å²) in [5.74, 6) is 2.54. The molecule has 33 heavy (non-hydrogen) atoms. The molecule has 3 aromatic rings. The summed E-state index contributed by atoms with van der Waals surface area (Å²) in [5.41, 5.74) is 3.51. The van der Waals surface area contributed by atoms with Crippen molar-refractivity contribution in [1.82, 2.24) is 15.1 Å². The molecule has 9 heteroatoms. The summed E-state index contributed by atoms with van der Waals surface area (Å²) < 4.78 is 12.6. The Labute approximate surface area is 195 Å². The van der Waals surface area contributed by atoms with Gasteiger partial charge >= 0.3 is 0 Å². The topological polar surface area (TPSA) is 94.5 Å². The van der Waals surface area contributed by atoms with E-state index in [0.29, 0.717) is 30.5 Å². The van der Waals surface area contributed by atoms with Crippen molar-refractivity contribution >= 4 is 29.4 Å². The molecular weight excluding hydrogens is 440 g/mol. The summed E-state index contributed by atoms with van der Waals surface area (Å²) >= 11 is 1.74. The zero-order valence-corrected chi connectivity index (χ0v) is 19.0. The number of para-hydroxylation sites is 2. The van der Waals surface area contributed by atoms with E-state index in [-0.39, 0.29) is 18.4 Å². The number of hydrogen-bond acceptors (Lipinski definition) is 6. The number of methoxy groups -OCH3 is 1. The zero-order chi connectivity index (χ0) is 22.8. The standard InChI is InChI=1S/C24H24N4O4S/c1-31-11-10-25-21(29)12-28-23(17-13-33-14-18(17)27-28)26-24(30)22-15-6-2-4-8-19(15)32-20-9-5-3-7-16(20)22/h2-9,22H,10-14H2,1H3,(H,25,29)(H,26,30). The number of aromatic nitrogens is 2. The van der Waals surface area contributed by atoms with Gasteiger partial charge < -0.3 is 20.1 Å². The van der Waals surface area contributed by atoms with Crippen molar-refractivity contribution in [2.75, 3.05) is 25.6 Å². The van der Waals surface area contributed by atoms with Crippen LogP contribution < -0.4 is 15.4 Å². The molecule has 3 heterocycles. The number of hydrogen-bond donors (Lipinski definition) is 2. The van der Waals surface area contributed by atoms with Crippen LogP contribution >= 0.6 is 11.8 Å². The van der Waals surface area contributed by atoms with E-state index in [9.17, 15) is 9.59 Å². The lowest BCUT2D eigenvalue weighted by Gasteiger charge is -2.27. The first-order chi connectivity index (χ1) is 16.2. The molecule has 0 radical (unpaired) electrons. The maximum atomic E-state index is 13.7. The molecule has 2 amide bonds. The molecule has 1 aromatic heterocycles. The van der Waals surface area contributed by atoms with Crippen LogP contribution in [0.1, 0.15) is 28.3 Å². The van der Waals surface area contributed by atoms with Crippen molar-refractivity contribution in [1.29, 1.82) is 0 Å². The van der Waals surface area contributed by atoms with Gasteiger partial charge in [-0.15, -0.1) is 0 Å². The largest absolute Gasteiger partial charge is 0.457 e. The van der Waals surface area contributed by atoms with Gasteiger partial charge in [-0.1, -0.05) is 36.4 Å². The van der Waals surface area contributed by atoms with Crippen LogP contribution in [0.15, 0.2) is 48.5 Å². The molecule has 8 nitrogen and oxygen atoms in total. The number of rotatable bonds is 7. The molecule has 2 aliphatic rings. The Hall–Kier alpha value is -3.30. The second kappa shape index (κ2) is 9.29. The minimum Gasteiger partial charge on any atom is -0.457 e. The predicted octanol–water partition coefficient (Wildman–Crippen LogP) is 3.27. The Morgan fingerprint density at radius 3 is 2.52 bits per heavy atom. The number of nitrogens with zero attached hydrogens (tertiary/aromatic N) is 2. The van der Waals surface area contributed by atoms with Crippen LogP contribution in [-0.2, 0) is 32.4 Å². The average Bonchev–Trinajstić information content (AvgIpc) is 3.40. The van der Waals surface area contributed by atoms with Crippen molar-refractivity contribution in [3.8, 4) is 11.5 Å². The van der Waals surface area contributed by atoms with Crippen LogP contribution in [0.4, 0.5) is 5.82 Å². The van der Waals surface area contributed by atoms with Crippen molar-refractivity contribution in [2.45, 2.75) is 24.0 Å². The fourth-order valence-corrected chi connectivity index (χ4v) is 5.22. The Morgan fingerprint density at radius 2 is 1.82 bits per heavy atom. The maximum Gasteiger partial charge on any atom is 0.241 e. The lowest BCUT2D eigenvalue weighted by atomic mass is 9.87. The van der Waals surface area contributed by atoms with Crippen LogP contribution in [0.2, 0.25) is 0 Å². The molecular formula is C24H24N4O4S. The Bertz CT molecular complexity index is 1160. The van der Waals surface area contributed by atoms with E-state index in [1.165, 1.54) is 0 Å². The first kappa shape index (κ1) is 21.5. The average molecular weight is 465 g/mol. The fraction of sp³-hybridized carbons (Fsp3) is 0.292. The maximum absolute atomic E-state index is 13.7. The minimum absolute atomic E-state index is 0.0257. The van der Waals surface area contributed by atoms with Gasteiger partial charge in [0.25, 0.3) is 0 Å². The SMILES string of the molecule is COCCNC(=O)Cn1nc2c(c1NC(=O)C1c3ccccc3Oc3ccccc31)CSC2. The Kier molecular flexibility index (Phi) is 6.06. The van der Waals surface area contributed by atoms with E-state index >= 15 is 0 Å². The van der Waals surface area contributed by atoms with Crippen molar-refractivity contribution < 1.29 is 19.1 Å². The molecule has 0 aliphatic carbocycles. The third-order valence-corrected chi connectivity index (χ3v) is 6.69. The lowest BCUT2D eigenvalue weighted by molar-refractivity contribution is -0.122. The van der Waals surface area contributed by atoms with E-state index in [0.717, 1.165) is 33.9 Å². The van der Waals surface area contributed by atoms with Crippen molar-refractivity contribution in [3.05, 3.63) is 70.9 Å². The number of carbonyl (C=O) groups excluding carboxylic acids is 2. The molecule has 2 aliphatic heterocycles. The smallest absolute Gasteiger partial charge is 0.241 e. The Balaban J connectivity index is 1.45. The number of fused-ring (bicyclic) bond motifs is 3. The number of ether oxygens (including phenoxy) is 2. The Morgan fingerprint density at radius 1 is 1.12 bits per heavy atom. The predicted molar refractivity (Wildman–Crippen MR) is 126 cm³/mol. The quantitative estimate of drug-likeness (QED) is 0.521. The van der Waals surface area contributed by atoms with Crippen LogP contribution in [0.3, 0.4) is 0 Å². The normalized spacial score (nSPS) is 14.1. The first-order valence-corrected chi connectivity index (χ1v) is 11.9. The summed E-state index contributed by atoms with van der Waals surface area (Å²) in [6, 6.07) is 15.2. The number of carbonyl (C=O) groups is 2. The van der Waals surface area contributed by atoms with Crippen molar-refractivity contribution in [2.24, 2.45) is 0 Å². The van der Waals surface area contributed by atoms with E-state index in [1.807, 2.05) is 48.5 Å². The van der Waals surface area contributed by atoms with E-state index in [4.69, 9.17) is 9.47 Å². The van der Waals surface area contributed by atoms with Crippen LogP contribution in [0, 0.1) is 0 Å². The van der Waals surface area contributed by atoms with E-state index in [2.05, 4.69) is 15.7 Å². The van der Waals surface area contributed by atoms with E-state index in [1.54, 1.807) is 23.6 Å². The molecule has 2 aromatic carbocycles. The number of anilines is 1. The van der Waals surface area contributed by atoms with Gasteiger partial charge in [0.15, 0.2) is 0 Å². The minimum atomic E-state index is -0.533. The molecule has 5 rings (SSSR count). The first-order valence-electron chi connectivity index (χ1n) is 10.7. The summed E-state index contributed by atoms with van der Waals surface area (Å²) in [4.78, 5) is 26.1. The molecule has 0 bridgehead atoms. The highest BCUT2D eigenvalue weighted by Gasteiger charge is 2.34. The van der Waals surface area contributed by atoms with Gasteiger partial charge in [0.05, 0.1) is 18.2 Å². The highest BCUT2D eigenvalue weighted by molar-refractivity contribution is 7.98. The molecule has 0 saturated carbocycles.